The molecule has 0 amide bonds. The Balaban J connectivity index is 1.66. The van der Waals surface area contributed by atoms with Crippen molar-refractivity contribution in [3.8, 4) is 11.5 Å². The van der Waals surface area contributed by atoms with E-state index in [1.165, 1.54) is 51.4 Å². The van der Waals surface area contributed by atoms with Gasteiger partial charge in [0.05, 0.1) is 13.2 Å². The molecule has 1 unspecified atom stereocenters. The van der Waals surface area contributed by atoms with Crippen molar-refractivity contribution in [1.29, 1.82) is 0 Å². The van der Waals surface area contributed by atoms with Crippen LogP contribution in [0, 0.1) is 17.8 Å². The minimum Gasteiger partial charge on any atom is -0.504 e. The van der Waals surface area contributed by atoms with Crippen LogP contribution in [0.15, 0.2) is 18.2 Å². The molecule has 1 aliphatic rings. The highest BCUT2D eigenvalue weighted by Crippen LogP contribution is 2.35. The summed E-state index contributed by atoms with van der Waals surface area (Å²) in [6.07, 6.45) is 13.6. The third-order valence-corrected chi connectivity index (χ3v) is 7.00. The largest absolute Gasteiger partial charge is 0.504 e. The third-order valence-electron chi connectivity index (χ3n) is 7.00. The Morgan fingerprint density at radius 3 is 2.45 bits per heavy atom. The molecule has 1 aliphatic carbocycles. The molecule has 178 valence electrons. The van der Waals surface area contributed by atoms with Crippen LogP contribution < -0.4 is 10.5 Å². The number of aliphatic hydroxyl groups excluding tert-OH is 1. The first-order valence-electron chi connectivity index (χ1n) is 12.7. The molecule has 0 saturated heterocycles. The predicted octanol–water partition coefficient (Wildman–Crippen LogP) is 6.22. The van der Waals surface area contributed by atoms with Gasteiger partial charge in [0.2, 0.25) is 0 Å². The molecule has 0 heterocycles. The molecule has 1 saturated carbocycles. The van der Waals surface area contributed by atoms with Gasteiger partial charge in [0.25, 0.3) is 0 Å². The monoisotopic (exact) mass is 433 g/mol. The molecule has 1 aromatic rings. The molecule has 4 N–H and O–H groups in total. The van der Waals surface area contributed by atoms with E-state index in [-0.39, 0.29) is 12.4 Å². The van der Waals surface area contributed by atoms with Crippen LogP contribution in [0.1, 0.15) is 97.0 Å². The second kappa shape index (κ2) is 13.3. The SMILES string of the molecule is CC(C)CCCC(C)CCCCOc1ccc(CC[C@@](N)(CO)CC2CCC2)cc1O. The number of phenols is 1. The van der Waals surface area contributed by atoms with Crippen LogP contribution in [0.2, 0.25) is 0 Å². The summed E-state index contributed by atoms with van der Waals surface area (Å²) in [5.74, 6) is 3.02. The molecule has 0 aromatic heterocycles. The summed E-state index contributed by atoms with van der Waals surface area (Å²) >= 11 is 0. The van der Waals surface area contributed by atoms with E-state index in [0.29, 0.717) is 18.3 Å². The Morgan fingerprint density at radius 2 is 1.84 bits per heavy atom. The third kappa shape index (κ3) is 9.82. The van der Waals surface area contributed by atoms with Crippen molar-refractivity contribution in [1.82, 2.24) is 0 Å². The number of hydrogen-bond donors (Lipinski definition) is 3. The Labute approximate surface area is 190 Å². The summed E-state index contributed by atoms with van der Waals surface area (Å²) in [6.45, 7) is 7.60. The Bertz CT molecular complexity index is 629. The molecule has 1 fully saturated rings. The van der Waals surface area contributed by atoms with Crippen molar-refractivity contribution >= 4 is 0 Å². The van der Waals surface area contributed by atoms with Crippen molar-refractivity contribution in [2.45, 2.75) is 103 Å². The summed E-state index contributed by atoms with van der Waals surface area (Å²) in [4.78, 5) is 0. The fraction of sp³-hybridized carbons (Fsp3) is 0.778. The number of aryl methyl sites for hydroxylation is 1. The zero-order valence-electron chi connectivity index (χ0n) is 20.2. The van der Waals surface area contributed by atoms with Crippen LogP contribution in [-0.2, 0) is 6.42 Å². The van der Waals surface area contributed by atoms with Crippen molar-refractivity contribution < 1.29 is 14.9 Å². The van der Waals surface area contributed by atoms with E-state index >= 15 is 0 Å². The lowest BCUT2D eigenvalue weighted by atomic mass is 9.75. The number of nitrogens with two attached hydrogens (primary N) is 1. The Hall–Kier alpha value is -1.26. The van der Waals surface area contributed by atoms with Gasteiger partial charge in [-0.3, -0.25) is 0 Å². The lowest BCUT2D eigenvalue weighted by Crippen LogP contribution is -2.46. The molecule has 0 aliphatic heterocycles. The molecule has 2 rings (SSSR count). The molecular formula is C27H47NO3. The number of hydrogen-bond acceptors (Lipinski definition) is 4. The maximum absolute atomic E-state index is 10.4. The van der Waals surface area contributed by atoms with Crippen LogP contribution >= 0.6 is 0 Å². The Morgan fingerprint density at radius 1 is 1.10 bits per heavy atom. The molecule has 31 heavy (non-hydrogen) atoms. The van der Waals surface area contributed by atoms with Gasteiger partial charge in [0.15, 0.2) is 11.5 Å². The van der Waals surface area contributed by atoms with Gasteiger partial charge in [-0.15, -0.1) is 0 Å². The fourth-order valence-corrected chi connectivity index (χ4v) is 4.55. The smallest absolute Gasteiger partial charge is 0.160 e. The zero-order valence-corrected chi connectivity index (χ0v) is 20.2. The van der Waals surface area contributed by atoms with Crippen molar-refractivity contribution in [2.24, 2.45) is 23.5 Å². The summed E-state index contributed by atoms with van der Waals surface area (Å²) in [5, 5.41) is 20.1. The van der Waals surface area contributed by atoms with Gasteiger partial charge < -0.3 is 20.7 Å². The normalized spacial score (nSPS) is 17.4. The standard InChI is InChI=1S/C27H47NO3/c1-21(2)8-6-10-22(3)9-4-5-17-31-26-14-13-23(18-25(26)30)15-16-27(28,20-29)19-24-11-7-12-24/h13-14,18,21-22,24,29-30H,4-12,15-17,19-20,28H2,1-3H3/t22?,27-/m0/s1. The minimum absolute atomic E-state index is 0.0209. The summed E-state index contributed by atoms with van der Waals surface area (Å²) < 4.78 is 5.81. The first-order valence-corrected chi connectivity index (χ1v) is 12.7. The molecule has 4 heteroatoms. The van der Waals surface area contributed by atoms with Gasteiger partial charge in [-0.05, 0) is 67.6 Å². The first kappa shape index (κ1) is 26.0. The van der Waals surface area contributed by atoms with Crippen molar-refractivity contribution in [3.05, 3.63) is 23.8 Å². The van der Waals surface area contributed by atoms with E-state index in [1.807, 2.05) is 12.1 Å². The quantitative estimate of drug-likeness (QED) is 0.271. The van der Waals surface area contributed by atoms with Gasteiger partial charge in [-0.1, -0.05) is 71.8 Å². The van der Waals surface area contributed by atoms with Crippen LogP contribution in [0.5, 0.6) is 11.5 Å². The van der Waals surface area contributed by atoms with Gasteiger partial charge >= 0.3 is 0 Å². The van der Waals surface area contributed by atoms with Crippen LogP contribution in [0.3, 0.4) is 0 Å². The molecule has 0 radical (unpaired) electrons. The maximum Gasteiger partial charge on any atom is 0.160 e. The first-order chi connectivity index (χ1) is 14.8. The highest BCUT2D eigenvalue weighted by molar-refractivity contribution is 5.41. The van der Waals surface area contributed by atoms with Gasteiger partial charge in [0, 0.05) is 5.54 Å². The predicted molar refractivity (Wildman–Crippen MR) is 130 cm³/mol. The van der Waals surface area contributed by atoms with E-state index in [0.717, 1.165) is 43.1 Å². The van der Waals surface area contributed by atoms with E-state index in [2.05, 4.69) is 20.8 Å². The number of phenolic OH excluding ortho intramolecular Hbond substituents is 1. The van der Waals surface area contributed by atoms with E-state index < -0.39 is 5.54 Å². The van der Waals surface area contributed by atoms with E-state index in [4.69, 9.17) is 10.5 Å². The van der Waals surface area contributed by atoms with E-state index in [9.17, 15) is 10.2 Å². The summed E-state index contributed by atoms with van der Waals surface area (Å²) in [6, 6.07) is 5.66. The highest BCUT2D eigenvalue weighted by Gasteiger charge is 2.30. The maximum atomic E-state index is 10.4. The second-order valence-electron chi connectivity index (χ2n) is 10.6. The Kier molecular flexibility index (Phi) is 11.2. The zero-order chi connectivity index (χ0) is 22.7. The summed E-state index contributed by atoms with van der Waals surface area (Å²) in [7, 11) is 0. The molecule has 2 atom stereocenters. The number of benzene rings is 1. The second-order valence-corrected chi connectivity index (χ2v) is 10.6. The number of ether oxygens (including phenoxy) is 1. The van der Waals surface area contributed by atoms with Gasteiger partial charge in [-0.2, -0.15) is 0 Å². The van der Waals surface area contributed by atoms with Gasteiger partial charge in [0.1, 0.15) is 0 Å². The molecule has 0 bridgehead atoms. The number of aromatic hydroxyl groups is 1. The number of rotatable bonds is 16. The van der Waals surface area contributed by atoms with Crippen molar-refractivity contribution in [3.63, 3.8) is 0 Å². The average molecular weight is 434 g/mol. The van der Waals surface area contributed by atoms with Crippen LogP contribution in [0.4, 0.5) is 0 Å². The molecule has 4 nitrogen and oxygen atoms in total. The van der Waals surface area contributed by atoms with Gasteiger partial charge in [-0.25, -0.2) is 0 Å². The number of aliphatic hydroxyl groups is 1. The lowest BCUT2D eigenvalue weighted by Gasteiger charge is -2.35. The van der Waals surface area contributed by atoms with Crippen LogP contribution in [0.25, 0.3) is 0 Å². The van der Waals surface area contributed by atoms with E-state index in [1.54, 1.807) is 6.07 Å². The highest BCUT2D eigenvalue weighted by atomic mass is 16.5. The minimum atomic E-state index is -0.512. The number of unbranched alkanes of at least 4 members (excludes halogenated alkanes) is 1. The molecular weight excluding hydrogens is 386 g/mol. The topological polar surface area (TPSA) is 75.7 Å². The average Bonchev–Trinajstić information content (AvgIpc) is 2.70. The molecule has 1 aromatic carbocycles. The lowest BCUT2D eigenvalue weighted by molar-refractivity contribution is 0.135. The molecule has 0 spiro atoms. The van der Waals surface area contributed by atoms with Crippen LogP contribution in [-0.4, -0.2) is 29.0 Å². The van der Waals surface area contributed by atoms with Crippen molar-refractivity contribution in [2.75, 3.05) is 13.2 Å². The fourth-order valence-electron chi connectivity index (χ4n) is 4.55. The summed E-state index contributed by atoms with van der Waals surface area (Å²) in [5.41, 5.74) is 6.97.